The summed E-state index contributed by atoms with van der Waals surface area (Å²) < 4.78 is 0. The first-order valence-corrected chi connectivity index (χ1v) is 4.78. The van der Waals surface area contributed by atoms with Crippen LogP contribution in [0, 0.1) is 11.8 Å². The third kappa shape index (κ3) is 6.20. The lowest BCUT2D eigenvalue weighted by Gasteiger charge is -2.14. The summed E-state index contributed by atoms with van der Waals surface area (Å²) in [7, 11) is 0. The summed E-state index contributed by atoms with van der Waals surface area (Å²) in [6.45, 7) is 6.53. The summed E-state index contributed by atoms with van der Waals surface area (Å²) >= 11 is 0. The van der Waals surface area contributed by atoms with Gasteiger partial charge >= 0.3 is 5.97 Å². The minimum Gasteiger partial charge on any atom is -0.481 e. The molecule has 0 amide bonds. The molecule has 0 aromatic heterocycles. The second-order valence-corrected chi connectivity index (χ2v) is 3.79. The fraction of sp³-hybridized carbons (Fsp3) is 0.900. The van der Waals surface area contributed by atoms with E-state index in [1.165, 1.54) is 6.42 Å². The van der Waals surface area contributed by atoms with Crippen molar-refractivity contribution in [1.29, 1.82) is 0 Å². The van der Waals surface area contributed by atoms with E-state index in [0.717, 1.165) is 18.8 Å². The Bertz CT molecular complexity index is 132. The number of rotatable bonds is 6. The van der Waals surface area contributed by atoms with E-state index in [1.807, 2.05) is 0 Å². The topological polar surface area (TPSA) is 37.3 Å². The van der Waals surface area contributed by atoms with Crippen molar-refractivity contribution < 1.29 is 9.90 Å². The zero-order chi connectivity index (χ0) is 9.56. The van der Waals surface area contributed by atoms with E-state index >= 15 is 0 Å². The van der Waals surface area contributed by atoms with Gasteiger partial charge in [-0.3, -0.25) is 4.79 Å². The normalized spacial score (nSPS) is 15.6. The van der Waals surface area contributed by atoms with Gasteiger partial charge < -0.3 is 5.11 Å². The summed E-state index contributed by atoms with van der Waals surface area (Å²) in [5.41, 5.74) is 0. The molecule has 2 atom stereocenters. The van der Waals surface area contributed by atoms with Crippen LogP contribution in [0.5, 0.6) is 0 Å². The van der Waals surface area contributed by atoms with Crippen molar-refractivity contribution in [3.8, 4) is 0 Å². The fourth-order valence-electron chi connectivity index (χ4n) is 1.34. The summed E-state index contributed by atoms with van der Waals surface area (Å²) in [5.74, 6) is 0.607. The van der Waals surface area contributed by atoms with Crippen molar-refractivity contribution in [2.45, 2.75) is 46.5 Å². The SMILES string of the molecule is CCC(C)CC(C)CCC(=O)O. The molecule has 0 radical (unpaired) electrons. The Morgan fingerprint density at radius 3 is 2.33 bits per heavy atom. The second-order valence-electron chi connectivity index (χ2n) is 3.79. The van der Waals surface area contributed by atoms with E-state index in [4.69, 9.17) is 5.11 Å². The van der Waals surface area contributed by atoms with Gasteiger partial charge in [-0.2, -0.15) is 0 Å². The number of carboxylic acid groups (broad SMARTS) is 1. The maximum atomic E-state index is 10.3. The van der Waals surface area contributed by atoms with Crippen LogP contribution in [0.25, 0.3) is 0 Å². The molecule has 0 aromatic rings. The number of hydrogen-bond acceptors (Lipinski definition) is 1. The Balaban J connectivity index is 3.45. The molecule has 0 fully saturated rings. The molecule has 0 saturated carbocycles. The first-order valence-electron chi connectivity index (χ1n) is 4.78. The van der Waals surface area contributed by atoms with Crippen molar-refractivity contribution in [1.82, 2.24) is 0 Å². The Labute approximate surface area is 75.0 Å². The minimum absolute atomic E-state index is 0.317. The lowest BCUT2D eigenvalue weighted by molar-refractivity contribution is -0.137. The minimum atomic E-state index is -0.675. The molecule has 72 valence electrons. The van der Waals surface area contributed by atoms with Crippen molar-refractivity contribution >= 4 is 5.97 Å². The molecule has 1 N–H and O–H groups in total. The van der Waals surface area contributed by atoms with E-state index in [9.17, 15) is 4.79 Å². The summed E-state index contributed by atoms with van der Waals surface area (Å²) in [5, 5.41) is 8.45. The zero-order valence-electron chi connectivity index (χ0n) is 8.34. The molecular weight excluding hydrogens is 152 g/mol. The molecule has 0 aromatic carbocycles. The van der Waals surface area contributed by atoms with Gasteiger partial charge in [0, 0.05) is 6.42 Å². The van der Waals surface area contributed by atoms with Gasteiger partial charge in [0.15, 0.2) is 0 Å². The van der Waals surface area contributed by atoms with Crippen LogP contribution < -0.4 is 0 Å². The van der Waals surface area contributed by atoms with Gasteiger partial charge in [-0.25, -0.2) is 0 Å². The van der Waals surface area contributed by atoms with Crippen molar-refractivity contribution in [2.24, 2.45) is 11.8 Å². The molecular formula is C10H20O2. The fourth-order valence-corrected chi connectivity index (χ4v) is 1.34. The zero-order valence-corrected chi connectivity index (χ0v) is 8.34. The molecule has 0 heterocycles. The molecule has 2 unspecified atom stereocenters. The smallest absolute Gasteiger partial charge is 0.303 e. The standard InChI is InChI=1S/C10H20O2/c1-4-8(2)7-9(3)5-6-10(11)12/h8-9H,4-7H2,1-3H3,(H,11,12). The van der Waals surface area contributed by atoms with Crippen molar-refractivity contribution in [3.05, 3.63) is 0 Å². The molecule has 0 aliphatic heterocycles. The molecule has 12 heavy (non-hydrogen) atoms. The molecule has 2 nitrogen and oxygen atoms in total. The van der Waals surface area contributed by atoms with E-state index < -0.39 is 5.97 Å². The average molecular weight is 172 g/mol. The lowest BCUT2D eigenvalue weighted by Crippen LogP contribution is -2.05. The molecule has 0 aliphatic carbocycles. The van der Waals surface area contributed by atoms with Crippen LogP contribution in [0.1, 0.15) is 46.5 Å². The monoisotopic (exact) mass is 172 g/mol. The van der Waals surface area contributed by atoms with Crippen LogP contribution in [0.4, 0.5) is 0 Å². The molecule has 0 rings (SSSR count). The second kappa shape index (κ2) is 6.04. The Hall–Kier alpha value is -0.530. The van der Waals surface area contributed by atoms with E-state index in [-0.39, 0.29) is 0 Å². The van der Waals surface area contributed by atoms with Crippen molar-refractivity contribution in [3.63, 3.8) is 0 Å². The summed E-state index contributed by atoms with van der Waals surface area (Å²) in [6, 6.07) is 0. The number of carboxylic acids is 1. The third-order valence-corrected chi connectivity index (χ3v) is 2.35. The first-order chi connectivity index (χ1) is 5.56. The maximum absolute atomic E-state index is 10.3. The van der Waals surface area contributed by atoms with Crippen LogP contribution in [0.3, 0.4) is 0 Å². The average Bonchev–Trinajstić information content (AvgIpc) is 2.00. The Kier molecular flexibility index (Phi) is 5.77. The molecule has 2 heteroatoms. The first kappa shape index (κ1) is 11.5. The maximum Gasteiger partial charge on any atom is 0.303 e. The third-order valence-electron chi connectivity index (χ3n) is 2.35. The van der Waals surface area contributed by atoms with Gasteiger partial charge in [-0.1, -0.05) is 27.2 Å². The molecule has 0 spiro atoms. The summed E-state index contributed by atoms with van der Waals surface area (Å²) in [6.07, 6.45) is 3.48. The van der Waals surface area contributed by atoms with Gasteiger partial charge in [-0.05, 0) is 24.7 Å². The van der Waals surface area contributed by atoms with Crippen LogP contribution in [0.15, 0.2) is 0 Å². The van der Waals surface area contributed by atoms with Gasteiger partial charge in [0.25, 0.3) is 0 Å². The number of hydrogen-bond donors (Lipinski definition) is 1. The highest BCUT2D eigenvalue weighted by molar-refractivity contribution is 5.66. The largest absolute Gasteiger partial charge is 0.481 e. The van der Waals surface area contributed by atoms with Crippen LogP contribution in [-0.4, -0.2) is 11.1 Å². The number of aliphatic carboxylic acids is 1. The molecule has 0 saturated heterocycles. The van der Waals surface area contributed by atoms with E-state index in [1.54, 1.807) is 0 Å². The highest BCUT2D eigenvalue weighted by atomic mass is 16.4. The van der Waals surface area contributed by atoms with Crippen LogP contribution in [0.2, 0.25) is 0 Å². The van der Waals surface area contributed by atoms with E-state index in [0.29, 0.717) is 12.3 Å². The van der Waals surface area contributed by atoms with Gasteiger partial charge in [0.1, 0.15) is 0 Å². The van der Waals surface area contributed by atoms with Gasteiger partial charge in [0.05, 0.1) is 0 Å². The lowest BCUT2D eigenvalue weighted by atomic mass is 9.92. The molecule has 0 aliphatic rings. The molecule has 0 bridgehead atoms. The highest BCUT2D eigenvalue weighted by Gasteiger charge is 2.08. The number of carbonyl (C=O) groups is 1. The van der Waals surface area contributed by atoms with E-state index in [2.05, 4.69) is 20.8 Å². The quantitative estimate of drug-likeness (QED) is 0.668. The predicted octanol–water partition coefficient (Wildman–Crippen LogP) is 2.92. The highest BCUT2D eigenvalue weighted by Crippen LogP contribution is 2.18. The van der Waals surface area contributed by atoms with Crippen molar-refractivity contribution in [2.75, 3.05) is 0 Å². The van der Waals surface area contributed by atoms with Gasteiger partial charge in [-0.15, -0.1) is 0 Å². The van der Waals surface area contributed by atoms with Crippen LogP contribution >= 0.6 is 0 Å². The van der Waals surface area contributed by atoms with Gasteiger partial charge in [0.2, 0.25) is 0 Å². The Morgan fingerprint density at radius 2 is 1.92 bits per heavy atom. The Morgan fingerprint density at radius 1 is 1.33 bits per heavy atom. The summed E-state index contributed by atoms with van der Waals surface area (Å²) in [4.78, 5) is 10.3. The predicted molar refractivity (Wildman–Crippen MR) is 50.1 cm³/mol. The van der Waals surface area contributed by atoms with Crippen LogP contribution in [-0.2, 0) is 4.79 Å².